The third-order valence-electron chi connectivity index (χ3n) is 0. The number of rotatable bonds is 0. The molecular weight excluding hydrogens is 103 g/mol. The van der Waals surface area contributed by atoms with Gasteiger partial charge in [0.1, 0.15) is 0 Å². The van der Waals surface area contributed by atoms with Gasteiger partial charge < -0.3 is 0 Å². The van der Waals surface area contributed by atoms with Crippen LogP contribution < -0.4 is 0 Å². The van der Waals surface area contributed by atoms with E-state index in [-0.39, 0.29) is 36.2 Å². The molecule has 0 aromatic heterocycles. The molecule has 0 nitrogen and oxygen atoms in total. The van der Waals surface area contributed by atoms with Gasteiger partial charge in [0.05, 0.1) is 0 Å². The third-order valence-corrected chi connectivity index (χ3v) is 0. The fourth-order valence-electron chi connectivity index (χ4n) is 0. The largest absolute Gasteiger partial charge is 0.269 e. The summed E-state index contributed by atoms with van der Waals surface area (Å²) < 4.78 is 0. The van der Waals surface area contributed by atoms with Crippen LogP contribution in [-0.4, -0.2) is 17.4 Å². The van der Waals surface area contributed by atoms with Crippen LogP contribution in [-0.2, 0) is 0 Å². The van der Waals surface area contributed by atoms with E-state index in [0.29, 0.717) is 0 Å². The summed E-state index contributed by atoms with van der Waals surface area (Å²) in [5.74, 6) is 0. The lowest BCUT2D eigenvalue weighted by Crippen LogP contribution is -0.381. The zero-order chi connectivity index (χ0) is 0. The van der Waals surface area contributed by atoms with E-state index < -0.39 is 0 Å². The second-order valence-electron chi connectivity index (χ2n) is 0. The smallest absolute Gasteiger partial charge is 0.187 e. The van der Waals surface area contributed by atoms with Crippen LogP contribution in [0.25, 0.3) is 0 Å². The Morgan fingerprint density at radius 1 is 0.400 bits per heavy atom. The second kappa shape index (κ2) is 706. The van der Waals surface area contributed by atoms with Crippen molar-refractivity contribution < 1.29 is 18.8 Å². The molecule has 0 unspecified atom stereocenters. The predicted molar refractivity (Wildman–Crippen MR) is 20.0 cm³/mol. The van der Waals surface area contributed by atoms with Crippen molar-refractivity contribution in [3.05, 3.63) is 0 Å². The molecule has 0 saturated carbocycles. The quantitative estimate of drug-likeness (QED) is 0.289. The first-order valence-corrected chi connectivity index (χ1v) is 0. The molecule has 38 valence electrons. The maximum atomic E-state index is 0. The minimum atomic E-state index is 0. The minimum Gasteiger partial charge on any atom is -0.269 e. The summed E-state index contributed by atoms with van der Waals surface area (Å²) >= 11 is 0. The Bertz CT molecular complexity index is 3.61. The van der Waals surface area contributed by atoms with Crippen LogP contribution in [0.3, 0.4) is 0 Å². The molecule has 0 aliphatic carbocycles. The van der Waals surface area contributed by atoms with E-state index in [4.69, 9.17) is 0 Å². The van der Waals surface area contributed by atoms with Gasteiger partial charge >= 0.3 is 0 Å². The van der Waals surface area contributed by atoms with E-state index in [1.165, 1.54) is 0 Å². The molecule has 0 bridgehead atoms. The Balaban J connectivity index is 0. The molecule has 0 aromatic carbocycles. The molecule has 0 saturated heterocycles. The van der Waals surface area contributed by atoms with Crippen LogP contribution in [0.1, 0.15) is 0 Å². The summed E-state index contributed by atoms with van der Waals surface area (Å²) in [6.45, 7) is 0. The van der Waals surface area contributed by atoms with Crippen molar-refractivity contribution in [3.63, 3.8) is 0 Å². The Kier molecular flexibility index (Phi) is 210000. The van der Waals surface area contributed by atoms with Gasteiger partial charge in [-0.1, -0.05) is 0 Å². The van der Waals surface area contributed by atoms with Crippen LogP contribution >= 0.6 is 0 Å². The van der Waals surface area contributed by atoms with Crippen molar-refractivity contribution in [1.82, 2.24) is 0 Å². The van der Waals surface area contributed by atoms with Gasteiger partial charge in [-0.15, -0.1) is 0 Å². The standard InChI is InChI=1S/Al.4FH.3H/h;4*1H;;;. The zero-order valence-electron chi connectivity index (χ0n) is 1.63. The molecule has 0 rings (SSSR count). The summed E-state index contributed by atoms with van der Waals surface area (Å²) in [6, 6.07) is 0. The summed E-state index contributed by atoms with van der Waals surface area (Å²) in [6.07, 6.45) is 0. The van der Waals surface area contributed by atoms with Gasteiger partial charge in [-0.2, -0.15) is 0 Å². The van der Waals surface area contributed by atoms with Crippen molar-refractivity contribution >= 4 is 17.4 Å². The lowest BCUT2D eigenvalue weighted by Gasteiger charge is -0.270. The van der Waals surface area contributed by atoms with E-state index in [9.17, 15) is 0 Å². The third kappa shape index (κ3) is 338. The minimum absolute atomic E-state index is 0. The Morgan fingerprint density at radius 2 is 0.400 bits per heavy atom. The lowest BCUT2D eigenvalue weighted by molar-refractivity contribution is 1.11. The maximum absolute atomic E-state index is 0. The molecule has 0 aliphatic heterocycles. The summed E-state index contributed by atoms with van der Waals surface area (Å²) in [4.78, 5) is 0. The van der Waals surface area contributed by atoms with Gasteiger partial charge in [-0.3, -0.25) is 18.8 Å². The topological polar surface area (TPSA) is 0 Å². The molecule has 0 fully saturated rings. The first kappa shape index (κ1) is 1490. The second-order valence-corrected chi connectivity index (χ2v) is 0. The van der Waals surface area contributed by atoms with Crippen molar-refractivity contribution in [2.24, 2.45) is 0 Å². The van der Waals surface area contributed by atoms with Crippen molar-refractivity contribution in [1.29, 1.82) is 0 Å². The fraction of sp³-hybridized carbons (Fsp3) is 0. The first-order valence-electron chi connectivity index (χ1n) is 0. The molecule has 0 amide bonds. The monoisotopic (exact) mass is 110 g/mol. The van der Waals surface area contributed by atoms with E-state index in [0.717, 1.165) is 0 Å². The molecule has 0 aliphatic rings. The lowest BCUT2D eigenvalue weighted by atomic mass is 19.0. The zero-order valence-corrected chi connectivity index (χ0v) is 1.63. The molecule has 0 aromatic rings. The maximum Gasteiger partial charge on any atom is 0.187 e. The highest BCUT2D eigenvalue weighted by Gasteiger charge is 0.187. The highest BCUT2D eigenvalue weighted by Crippen LogP contribution is 0.423. The molecule has 0 N–H and O–H groups in total. The number of halogens is 4. The summed E-state index contributed by atoms with van der Waals surface area (Å²) in [5.41, 5.74) is 0. The van der Waals surface area contributed by atoms with Gasteiger partial charge in [0.25, 0.3) is 0 Å². The van der Waals surface area contributed by atoms with Crippen LogP contribution in [0, 0.1) is 0 Å². The molecule has 5 heavy (non-hydrogen) atoms. The van der Waals surface area contributed by atoms with E-state index >= 15 is 0 Å². The van der Waals surface area contributed by atoms with E-state index in [1.54, 1.807) is 0 Å². The van der Waals surface area contributed by atoms with Crippen LogP contribution in [0.15, 0.2) is 0 Å². The van der Waals surface area contributed by atoms with Gasteiger partial charge in [0.2, 0.25) is 0 Å². The molecule has 0 radical (unpaired) electrons. The average Bonchev–Trinajstić information content (AvgIpc) is 0. The summed E-state index contributed by atoms with van der Waals surface area (Å²) in [7, 11) is 0. The normalized spacial score (nSPS) is 0. The SMILES string of the molecule is F.F.F.F.[AlH3]. The van der Waals surface area contributed by atoms with Crippen molar-refractivity contribution in [2.45, 2.75) is 0 Å². The highest BCUT2D eigenvalue weighted by atomic mass is 27.0. The summed E-state index contributed by atoms with van der Waals surface area (Å²) in [5, 5.41) is 0. The van der Waals surface area contributed by atoms with Gasteiger partial charge in [0, 0.05) is 0 Å². The van der Waals surface area contributed by atoms with E-state index in [1.807, 2.05) is 0 Å². The van der Waals surface area contributed by atoms with E-state index in [2.05, 4.69) is 0 Å². The Morgan fingerprint density at radius 3 is 0.400 bits per heavy atom. The van der Waals surface area contributed by atoms with Crippen LogP contribution in [0.5, 0.6) is 0 Å². The molecule has 0 atom stereocenters. The molecule has 5 heteroatoms. The molecular formula is H7AlF4. The van der Waals surface area contributed by atoms with Crippen LogP contribution in [0.4, 0.5) is 18.8 Å². The predicted octanol–water partition coefficient (Wildman–Crippen LogP) is -0.574. The molecule has 0 heterocycles. The number of hydrogen-bond donors (Lipinski definition) is 0. The Labute approximate surface area is 37.2 Å². The first-order chi connectivity index (χ1) is 0. The highest BCUT2D eigenvalue weighted by molar-refractivity contribution is 5.75. The fourth-order valence-corrected chi connectivity index (χ4v) is 0. The Hall–Kier alpha value is 0.252. The van der Waals surface area contributed by atoms with Gasteiger partial charge in [0.15, 0.2) is 17.4 Å². The number of hydrogen-bond acceptors (Lipinski definition) is 0. The average molecular weight is 110 g/mol. The van der Waals surface area contributed by atoms with Crippen LogP contribution in [0.2, 0.25) is 0 Å². The van der Waals surface area contributed by atoms with Gasteiger partial charge in [-0.05, 0) is 0 Å². The van der Waals surface area contributed by atoms with Gasteiger partial charge in [-0.25, -0.2) is 0 Å². The van der Waals surface area contributed by atoms with Crippen molar-refractivity contribution in [3.8, 4) is 0 Å². The van der Waals surface area contributed by atoms with Crippen molar-refractivity contribution in [2.75, 3.05) is 0 Å². The molecule has 0 spiro atoms.